The van der Waals surface area contributed by atoms with Crippen molar-refractivity contribution in [3.05, 3.63) is 48.0 Å². The minimum Gasteiger partial charge on any atom is -0.479 e. The Morgan fingerprint density at radius 3 is 2.91 bits per heavy atom. The Hall–Kier alpha value is -2.14. The van der Waals surface area contributed by atoms with Crippen molar-refractivity contribution >= 4 is 11.9 Å². The van der Waals surface area contributed by atoms with Gasteiger partial charge in [-0.15, -0.1) is 6.58 Å². The summed E-state index contributed by atoms with van der Waals surface area (Å²) >= 11 is 0. The molecule has 0 spiro atoms. The molecule has 2 rings (SSSR count). The first kappa shape index (κ1) is 16.2. The van der Waals surface area contributed by atoms with Crippen LogP contribution < -0.4 is 0 Å². The fourth-order valence-corrected chi connectivity index (χ4v) is 2.74. The minimum absolute atomic E-state index is 0.135. The number of hydrogen-bond acceptors (Lipinski definition) is 3. The van der Waals surface area contributed by atoms with Gasteiger partial charge >= 0.3 is 5.97 Å². The van der Waals surface area contributed by atoms with Crippen molar-refractivity contribution in [3.8, 4) is 0 Å². The van der Waals surface area contributed by atoms with Gasteiger partial charge in [-0.3, -0.25) is 4.79 Å². The fraction of sp³-hybridized carbons (Fsp3) is 0.412. The molecule has 118 valence electrons. The van der Waals surface area contributed by atoms with Crippen LogP contribution in [0.5, 0.6) is 0 Å². The Balaban J connectivity index is 2.02. The first-order valence-electron chi connectivity index (χ1n) is 7.44. The summed E-state index contributed by atoms with van der Waals surface area (Å²) in [4.78, 5) is 25.4. The molecule has 1 unspecified atom stereocenters. The lowest BCUT2D eigenvalue weighted by molar-refractivity contribution is -0.151. The minimum atomic E-state index is -0.983. The Morgan fingerprint density at radius 2 is 2.18 bits per heavy atom. The predicted molar refractivity (Wildman–Crippen MR) is 82.5 cm³/mol. The Morgan fingerprint density at radius 1 is 1.41 bits per heavy atom. The van der Waals surface area contributed by atoms with Crippen molar-refractivity contribution in [1.29, 1.82) is 0 Å². The molecule has 1 amide bonds. The lowest BCUT2D eigenvalue weighted by Gasteiger charge is -2.34. The number of nitrogens with zero attached hydrogens (tertiary/aromatic N) is 1. The lowest BCUT2D eigenvalue weighted by atomic mass is 9.92. The summed E-state index contributed by atoms with van der Waals surface area (Å²) in [6, 6.07) is 6.54. The van der Waals surface area contributed by atoms with E-state index in [1.54, 1.807) is 12.1 Å². The van der Waals surface area contributed by atoms with Gasteiger partial charge in [-0.25, -0.2) is 4.79 Å². The van der Waals surface area contributed by atoms with E-state index in [0.717, 1.165) is 11.1 Å². The summed E-state index contributed by atoms with van der Waals surface area (Å²) in [7, 11) is 0. The highest BCUT2D eigenvalue weighted by atomic mass is 16.5. The molecule has 0 aliphatic carbocycles. The maximum absolute atomic E-state index is 12.3. The molecule has 22 heavy (non-hydrogen) atoms. The SMILES string of the molecule is C=CCOCCCC(=O)N1CCc2ccccc2C1C(=O)O. The van der Waals surface area contributed by atoms with Gasteiger partial charge in [0, 0.05) is 19.6 Å². The Bertz CT molecular complexity index is 555. The predicted octanol–water partition coefficient (Wildman–Crippen LogP) is 2.18. The number of amides is 1. The molecule has 5 nitrogen and oxygen atoms in total. The second kappa shape index (κ2) is 7.75. The highest BCUT2D eigenvalue weighted by Crippen LogP contribution is 2.30. The van der Waals surface area contributed by atoms with Crippen LogP contribution in [0.25, 0.3) is 0 Å². The topological polar surface area (TPSA) is 66.8 Å². The van der Waals surface area contributed by atoms with Crippen LogP contribution in [0.4, 0.5) is 0 Å². The van der Waals surface area contributed by atoms with E-state index in [9.17, 15) is 14.7 Å². The first-order chi connectivity index (χ1) is 10.6. The van der Waals surface area contributed by atoms with Gasteiger partial charge in [0.05, 0.1) is 6.61 Å². The number of carbonyl (C=O) groups is 2. The number of carbonyl (C=O) groups excluding carboxylic acids is 1. The molecule has 0 bridgehead atoms. The van der Waals surface area contributed by atoms with Gasteiger partial charge in [0.1, 0.15) is 0 Å². The molecule has 5 heteroatoms. The highest BCUT2D eigenvalue weighted by molar-refractivity contribution is 5.85. The van der Waals surface area contributed by atoms with Gasteiger partial charge in [-0.1, -0.05) is 30.3 Å². The number of carboxylic acids is 1. The van der Waals surface area contributed by atoms with Crippen molar-refractivity contribution in [2.24, 2.45) is 0 Å². The van der Waals surface area contributed by atoms with Crippen molar-refractivity contribution in [2.75, 3.05) is 19.8 Å². The number of fused-ring (bicyclic) bond motifs is 1. The third kappa shape index (κ3) is 3.74. The van der Waals surface area contributed by atoms with E-state index in [4.69, 9.17) is 4.74 Å². The van der Waals surface area contributed by atoms with E-state index in [-0.39, 0.29) is 5.91 Å². The zero-order valence-corrected chi connectivity index (χ0v) is 12.5. The van der Waals surface area contributed by atoms with Gasteiger partial charge < -0.3 is 14.7 Å². The van der Waals surface area contributed by atoms with Crippen LogP contribution in [-0.4, -0.2) is 41.6 Å². The molecular formula is C17H21NO4. The quantitative estimate of drug-likeness (QED) is 0.619. The molecule has 0 saturated carbocycles. The van der Waals surface area contributed by atoms with E-state index < -0.39 is 12.0 Å². The average Bonchev–Trinajstić information content (AvgIpc) is 2.53. The molecule has 0 fully saturated rings. The molecular weight excluding hydrogens is 282 g/mol. The second-order valence-corrected chi connectivity index (χ2v) is 5.24. The molecule has 0 aromatic heterocycles. The normalized spacial score (nSPS) is 16.9. The summed E-state index contributed by atoms with van der Waals surface area (Å²) < 4.78 is 5.25. The Labute approximate surface area is 130 Å². The van der Waals surface area contributed by atoms with Crippen molar-refractivity contribution in [3.63, 3.8) is 0 Å². The van der Waals surface area contributed by atoms with Gasteiger partial charge in [-0.05, 0) is 24.0 Å². The van der Waals surface area contributed by atoms with Gasteiger partial charge in [-0.2, -0.15) is 0 Å². The van der Waals surface area contributed by atoms with Gasteiger partial charge in [0.15, 0.2) is 6.04 Å². The molecule has 0 saturated heterocycles. The molecule has 1 atom stereocenters. The van der Waals surface area contributed by atoms with Crippen LogP contribution in [-0.2, 0) is 20.7 Å². The summed E-state index contributed by atoms with van der Waals surface area (Å²) in [6.07, 6.45) is 3.22. The summed E-state index contributed by atoms with van der Waals surface area (Å²) in [5, 5.41) is 9.52. The van der Waals surface area contributed by atoms with Crippen molar-refractivity contribution in [2.45, 2.75) is 25.3 Å². The molecule has 1 N–H and O–H groups in total. The van der Waals surface area contributed by atoms with E-state index in [0.29, 0.717) is 39.0 Å². The first-order valence-corrected chi connectivity index (χ1v) is 7.44. The van der Waals surface area contributed by atoms with E-state index in [1.165, 1.54) is 4.90 Å². The lowest BCUT2D eigenvalue weighted by Crippen LogP contribution is -2.43. The summed E-state index contributed by atoms with van der Waals surface area (Å²) in [6.45, 7) is 4.93. The second-order valence-electron chi connectivity index (χ2n) is 5.24. The van der Waals surface area contributed by atoms with Crippen LogP contribution in [0.1, 0.15) is 30.0 Å². The van der Waals surface area contributed by atoms with Crippen LogP contribution in [0.2, 0.25) is 0 Å². The number of benzene rings is 1. The third-order valence-corrected chi connectivity index (χ3v) is 3.75. The van der Waals surface area contributed by atoms with Crippen LogP contribution in [0.3, 0.4) is 0 Å². The number of aliphatic carboxylic acids is 1. The Kier molecular flexibility index (Phi) is 5.72. The fourth-order valence-electron chi connectivity index (χ4n) is 2.74. The number of ether oxygens (including phenoxy) is 1. The zero-order valence-electron chi connectivity index (χ0n) is 12.5. The maximum atomic E-state index is 12.3. The van der Waals surface area contributed by atoms with Crippen LogP contribution >= 0.6 is 0 Å². The number of rotatable bonds is 7. The third-order valence-electron chi connectivity index (χ3n) is 3.75. The van der Waals surface area contributed by atoms with Gasteiger partial charge in [0.2, 0.25) is 5.91 Å². The van der Waals surface area contributed by atoms with E-state index in [1.807, 2.05) is 18.2 Å². The van der Waals surface area contributed by atoms with Gasteiger partial charge in [0.25, 0.3) is 0 Å². The molecule has 1 aliphatic rings. The molecule has 1 heterocycles. The molecule has 1 aliphatic heterocycles. The zero-order chi connectivity index (χ0) is 15.9. The van der Waals surface area contributed by atoms with E-state index in [2.05, 4.69) is 6.58 Å². The average molecular weight is 303 g/mol. The largest absolute Gasteiger partial charge is 0.479 e. The standard InChI is InChI=1S/C17H21NO4/c1-2-11-22-12-5-8-15(19)18-10-9-13-6-3-4-7-14(13)16(18)17(20)21/h2-4,6-7,16H,1,5,8-12H2,(H,20,21). The maximum Gasteiger partial charge on any atom is 0.331 e. The number of carboxylic acid groups (broad SMARTS) is 1. The van der Waals surface area contributed by atoms with Crippen LogP contribution in [0.15, 0.2) is 36.9 Å². The summed E-state index contributed by atoms with van der Waals surface area (Å²) in [5.41, 5.74) is 1.73. The molecule has 1 aromatic carbocycles. The van der Waals surface area contributed by atoms with Crippen molar-refractivity contribution in [1.82, 2.24) is 4.90 Å². The smallest absolute Gasteiger partial charge is 0.331 e. The highest BCUT2D eigenvalue weighted by Gasteiger charge is 2.35. The number of hydrogen-bond donors (Lipinski definition) is 1. The summed E-state index contributed by atoms with van der Waals surface area (Å²) in [5.74, 6) is -1.12. The monoisotopic (exact) mass is 303 g/mol. The van der Waals surface area contributed by atoms with E-state index >= 15 is 0 Å². The van der Waals surface area contributed by atoms with Crippen LogP contribution in [0, 0.1) is 0 Å². The van der Waals surface area contributed by atoms with Crippen molar-refractivity contribution < 1.29 is 19.4 Å². The molecule has 1 aromatic rings. The molecule has 0 radical (unpaired) electrons.